The quantitative estimate of drug-likeness (QED) is 0.591. The lowest BCUT2D eigenvalue weighted by molar-refractivity contribution is -0.144. The highest BCUT2D eigenvalue weighted by Crippen LogP contribution is 2.34. The maximum Gasteiger partial charge on any atom is 0.390 e. The van der Waals surface area contributed by atoms with Gasteiger partial charge in [-0.05, 0) is 18.2 Å². The molecule has 0 radical (unpaired) electrons. The van der Waals surface area contributed by atoms with E-state index in [9.17, 15) is 23.1 Å². The van der Waals surface area contributed by atoms with Crippen molar-refractivity contribution in [3.05, 3.63) is 42.3 Å². The van der Waals surface area contributed by atoms with Crippen LogP contribution in [0.25, 0.3) is 22.8 Å². The number of amides is 1. The number of nitrogens with zero attached hydrogens (tertiary/aromatic N) is 5. The van der Waals surface area contributed by atoms with Crippen molar-refractivity contribution in [3.63, 3.8) is 0 Å². The van der Waals surface area contributed by atoms with Crippen molar-refractivity contribution in [2.75, 3.05) is 25.5 Å². The molecule has 3 aromatic rings. The van der Waals surface area contributed by atoms with Crippen molar-refractivity contribution < 1.29 is 27.6 Å². The van der Waals surface area contributed by atoms with Gasteiger partial charge in [0, 0.05) is 38.8 Å². The molecule has 9 nitrogen and oxygen atoms in total. The number of hydrogen-bond donors (Lipinski definition) is 2. The average molecular weight is 448 g/mol. The molecule has 1 saturated heterocycles. The Morgan fingerprint density at radius 3 is 2.59 bits per heavy atom. The number of nitrogens with one attached hydrogen (secondary N) is 1. The molecule has 1 amide bonds. The lowest BCUT2D eigenvalue weighted by Gasteiger charge is -2.16. The molecule has 0 aliphatic carbocycles. The van der Waals surface area contributed by atoms with Crippen LogP contribution in [0.3, 0.4) is 0 Å². The molecule has 1 atom stereocenters. The molecule has 0 saturated carbocycles. The number of hydrogen-bond acceptors (Lipinski definition) is 8. The van der Waals surface area contributed by atoms with Gasteiger partial charge in [-0.2, -0.15) is 13.2 Å². The summed E-state index contributed by atoms with van der Waals surface area (Å²) < 4.78 is 42.2. The van der Waals surface area contributed by atoms with E-state index < -0.39 is 24.1 Å². The lowest BCUT2D eigenvalue weighted by Crippen LogP contribution is -2.35. The fraction of sp³-hybridized carbons (Fsp3) is 0.350. The molecular weight excluding hydrogens is 429 g/mol. The van der Waals surface area contributed by atoms with Crippen LogP contribution in [0.4, 0.5) is 19.1 Å². The fourth-order valence-electron chi connectivity index (χ4n) is 3.30. The Labute approximate surface area is 180 Å². The summed E-state index contributed by atoms with van der Waals surface area (Å²) in [5, 5.41) is 17.2. The zero-order valence-corrected chi connectivity index (χ0v) is 16.9. The van der Waals surface area contributed by atoms with Crippen molar-refractivity contribution in [3.8, 4) is 22.8 Å². The molecule has 32 heavy (non-hydrogen) atoms. The number of carbonyl (C=O) groups is 1. The van der Waals surface area contributed by atoms with E-state index in [-0.39, 0.29) is 24.7 Å². The SMILES string of the molecule is CN1CCC(O)(c2cc(-c3cccc(-c4ccnc(NCCC(F)(F)F)n4)n3)no2)C1=O. The van der Waals surface area contributed by atoms with E-state index in [1.54, 1.807) is 31.3 Å². The van der Waals surface area contributed by atoms with Gasteiger partial charge in [-0.3, -0.25) is 4.79 Å². The first-order chi connectivity index (χ1) is 15.2. The number of carbonyl (C=O) groups excluding carboxylic acids is 1. The van der Waals surface area contributed by atoms with E-state index in [1.807, 2.05) is 0 Å². The Bertz CT molecular complexity index is 1140. The van der Waals surface area contributed by atoms with Gasteiger partial charge in [0.25, 0.3) is 5.91 Å². The molecule has 0 aromatic carbocycles. The van der Waals surface area contributed by atoms with Crippen molar-refractivity contribution in [2.24, 2.45) is 0 Å². The van der Waals surface area contributed by atoms with Crippen LogP contribution in [0.2, 0.25) is 0 Å². The molecule has 1 aliphatic heterocycles. The van der Waals surface area contributed by atoms with Gasteiger partial charge in [0.2, 0.25) is 11.5 Å². The molecule has 1 unspecified atom stereocenters. The maximum atomic E-state index is 12.3. The number of alkyl halides is 3. The molecule has 2 N–H and O–H groups in total. The zero-order chi connectivity index (χ0) is 22.9. The summed E-state index contributed by atoms with van der Waals surface area (Å²) >= 11 is 0. The Balaban J connectivity index is 1.55. The minimum atomic E-state index is -4.28. The van der Waals surface area contributed by atoms with Gasteiger partial charge in [0.05, 0.1) is 23.5 Å². The monoisotopic (exact) mass is 448 g/mol. The van der Waals surface area contributed by atoms with Crippen LogP contribution in [0.15, 0.2) is 41.1 Å². The van der Waals surface area contributed by atoms with Crippen molar-refractivity contribution in [1.29, 1.82) is 0 Å². The third-order valence-corrected chi connectivity index (χ3v) is 5.05. The van der Waals surface area contributed by atoms with Crippen molar-refractivity contribution in [2.45, 2.75) is 24.6 Å². The standard InChI is InChI=1S/C20H19F3N6O3/c1-29-10-7-19(31,17(29)30)16-11-15(28-32-16)13-4-2-3-12(26-13)14-5-8-24-18(27-14)25-9-6-20(21,22)23/h2-5,8,11,31H,6-7,9-10H2,1H3,(H,24,25,27). The van der Waals surface area contributed by atoms with Crippen LogP contribution in [-0.2, 0) is 10.4 Å². The van der Waals surface area contributed by atoms with Gasteiger partial charge in [0.15, 0.2) is 5.76 Å². The number of likely N-dealkylation sites (tertiary alicyclic amines) is 1. The maximum absolute atomic E-state index is 12.3. The van der Waals surface area contributed by atoms with Crippen LogP contribution in [0, 0.1) is 0 Å². The zero-order valence-electron chi connectivity index (χ0n) is 16.9. The number of anilines is 1. The molecule has 168 valence electrons. The average Bonchev–Trinajstić information content (AvgIpc) is 3.36. The second kappa shape index (κ2) is 8.19. The van der Waals surface area contributed by atoms with Crippen LogP contribution in [-0.4, -0.2) is 62.3 Å². The molecular formula is C20H19F3N6O3. The fourth-order valence-corrected chi connectivity index (χ4v) is 3.30. The topological polar surface area (TPSA) is 117 Å². The number of likely N-dealkylation sites (N-methyl/N-ethyl adjacent to an activating group) is 1. The van der Waals surface area contributed by atoms with Gasteiger partial charge in [0.1, 0.15) is 5.69 Å². The minimum Gasteiger partial charge on any atom is -0.373 e. The predicted molar refractivity (Wildman–Crippen MR) is 106 cm³/mol. The molecule has 1 fully saturated rings. The predicted octanol–water partition coefficient (Wildman–Crippen LogP) is 2.61. The summed E-state index contributed by atoms with van der Waals surface area (Å²) in [5.41, 5.74) is -0.211. The number of rotatable bonds is 6. The summed E-state index contributed by atoms with van der Waals surface area (Å²) in [4.78, 5) is 26.3. The number of aromatic nitrogens is 4. The summed E-state index contributed by atoms with van der Waals surface area (Å²) in [6.07, 6.45) is -3.68. The Morgan fingerprint density at radius 1 is 1.19 bits per heavy atom. The Morgan fingerprint density at radius 2 is 1.91 bits per heavy atom. The highest BCUT2D eigenvalue weighted by Gasteiger charge is 2.48. The highest BCUT2D eigenvalue weighted by atomic mass is 19.4. The van der Waals surface area contributed by atoms with E-state index >= 15 is 0 Å². The Hall–Kier alpha value is -3.54. The summed E-state index contributed by atoms with van der Waals surface area (Å²) in [5.74, 6) is -0.380. The molecule has 0 spiro atoms. The first-order valence-electron chi connectivity index (χ1n) is 9.72. The third kappa shape index (κ3) is 4.40. The van der Waals surface area contributed by atoms with Crippen LogP contribution in [0.1, 0.15) is 18.6 Å². The number of pyridine rings is 1. The first-order valence-corrected chi connectivity index (χ1v) is 9.72. The van der Waals surface area contributed by atoms with E-state index in [0.717, 1.165) is 0 Å². The Kier molecular flexibility index (Phi) is 5.55. The van der Waals surface area contributed by atoms with Gasteiger partial charge in [-0.1, -0.05) is 11.2 Å². The lowest BCUT2D eigenvalue weighted by atomic mass is 9.98. The first kappa shape index (κ1) is 21.7. The van der Waals surface area contributed by atoms with Crippen LogP contribution >= 0.6 is 0 Å². The van der Waals surface area contributed by atoms with E-state index in [2.05, 4.69) is 25.4 Å². The summed E-state index contributed by atoms with van der Waals surface area (Å²) in [6.45, 7) is 0.0467. The van der Waals surface area contributed by atoms with Gasteiger partial charge in [-0.15, -0.1) is 0 Å². The molecule has 0 bridgehead atoms. The summed E-state index contributed by atoms with van der Waals surface area (Å²) in [6, 6.07) is 8.09. The second-order valence-electron chi connectivity index (χ2n) is 7.38. The molecule has 4 rings (SSSR count). The largest absolute Gasteiger partial charge is 0.390 e. The molecule has 4 heterocycles. The van der Waals surface area contributed by atoms with Gasteiger partial charge in [-0.25, -0.2) is 15.0 Å². The molecule has 12 heteroatoms. The number of halogens is 3. The highest BCUT2D eigenvalue weighted by molar-refractivity contribution is 5.87. The van der Waals surface area contributed by atoms with Crippen LogP contribution in [0.5, 0.6) is 0 Å². The van der Waals surface area contributed by atoms with Crippen LogP contribution < -0.4 is 5.32 Å². The smallest absolute Gasteiger partial charge is 0.373 e. The number of aliphatic hydroxyl groups is 1. The van der Waals surface area contributed by atoms with E-state index in [4.69, 9.17) is 4.52 Å². The van der Waals surface area contributed by atoms with Gasteiger partial charge >= 0.3 is 6.18 Å². The summed E-state index contributed by atoms with van der Waals surface area (Å²) in [7, 11) is 1.59. The van der Waals surface area contributed by atoms with E-state index in [1.165, 1.54) is 17.2 Å². The third-order valence-electron chi connectivity index (χ3n) is 5.05. The van der Waals surface area contributed by atoms with Gasteiger partial charge < -0.3 is 19.8 Å². The van der Waals surface area contributed by atoms with E-state index in [0.29, 0.717) is 29.3 Å². The second-order valence-corrected chi connectivity index (χ2v) is 7.38. The molecule has 1 aliphatic rings. The minimum absolute atomic E-state index is 0.0345. The molecule has 3 aromatic heterocycles. The normalized spacial score (nSPS) is 18.9. The van der Waals surface area contributed by atoms with Crippen molar-refractivity contribution in [1.82, 2.24) is 25.0 Å². The van der Waals surface area contributed by atoms with Crippen molar-refractivity contribution >= 4 is 11.9 Å².